The molecule has 0 fully saturated rings. The third-order valence-electron chi connectivity index (χ3n) is 3.30. The summed E-state index contributed by atoms with van der Waals surface area (Å²) in [6.45, 7) is 0.346. The monoisotopic (exact) mass is 393 g/mol. The largest absolute Gasteiger partial charge is 0.494 e. The topological polar surface area (TPSA) is 37.4 Å². The summed E-state index contributed by atoms with van der Waals surface area (Å²) in [5, 5.41) is 0.891. The van der Waals surface area contributed by atoms with Crippen molar-refractivity contribution in [2.75, 3.05) is 26.7 Å². The van der Waals surface area contributed by atoms with Crippen molar-refractivity contribution >= 4 is 23.1 Å². The fraction of sp³-hybridized carbons (Fsp3) is 0.438. The van der Waals surface area contributed by atoms with E-state index in [2.05, 4.69) is 9.82 Å². The van der Waals surface area contributed by atoms with E-state index in [4.69, 9.17) is 16.5 Å². The van der Waals surface area contributed by atoms with E-state index in [1.165, 1.54) is 11.9 Å². The van der Waals surface area contributed by atoms with Gasteiger partial charge in [-0.3, -0.25) is 4.90 Å². The van der Waals surface area contributed by atoms with Crippen LogP contribution in [-0.2, 0) is 6.54 Å². The number of hydrogen-bond donors (Lipinski definition) is 1. The summed E-state index contributed by atoms with van der Waals surface area (Å²) < 4.78 is 42.2. The molecular weight excluding hydrogens is 375 g/mol. The van der Waals surface area contributed by atoms with Gasteiger partial charge in [0.25, 0.3) is 0 Å². The molecule has 138 valence electrons. The molecule has 0 amide bonds. The number of nitrogens with one attached hydrogen (secondary N) is 1. The highest BCUT2D eigenvalue weighted by Crippen LogP contribution is 2.27. The summed E-state index contributed by atoms with van der Waals surface area (Å²) >= 11 is 7.03. The van der Waals surface area contributed by atoms with Crippen molar-refractivity contribution in [2.24, 2.45) is 0 Å². The predicted molar refractivity (Wildman–Crippen MR) is 93.9 cm³/mol. The second kappa shape index (κ2) is 9.38. The van der Waals surface area contributed by atoms with Crippen LogP contribution < -0.4 is 9.57 Å². The molecule has 0 aliphatic rings. The molecule has 2 aromatic rings. The Kier molecular flexibility index (Phi) is 7.49. The molecule has 0 atom stereocenters. The molecule has 9 heteroatoms. The molecule has 0 radical (unpaired) electrons. The lowest BCUT2D eigenvalue weighted by Gasteiger charge is -2.18. The molecule has 1 aromatic carbocycles. The molecule has 0 saturated carbocycles. The number of aromatic nitrogens is 1. The minimum absolute atomic E-state index is 0.327. The van der Waals surface area contributed by atoms with Crippen LogP contribution in [0.2, 0.25) is 0 Å². The second-order valence-electron chi connectivity index (χ2n) is 5.52. The lowest BCUT2D eigenvalue weighted by Crippen LogP contribution is -2.32. The van der Waals surface area contributed by atoms with Crippen LogP contribution in [0.5, 0.6) is 5.75 Å². The molecule has 2 rings (SSSR count). The fourth-order valence-electron chi connectivity index (χ4n) is 2.19. The van der Waals surface area contributed by atoms with Gasteiger partial charge in [0, 0.05) is 29.7 Å². The van der Waals surface area contributed by atoms with E-state index in [0.717, 1.165) is 15.4 Å². The highest BCUT2D eigenvalue weighted by molar-refractivity contribution is 7.15. The Hall–Kier alpha value is -1.35. The average molecular weight is 394 g/mol. The Labute approximate surface area is 153 Å². The molecule has 0 bridgehead atoms. The number of hydrogen-bond acceptors (Lipinski definition) is 5. The average Bonchev–Trinajstić information content (AvgIpc) is 2.99. The van der Waals surface area contributed by atoms with Crippen LogP contribution in [0.4, 0.5) is 13.2 Å². The van der Waals surface area contributed by atoms with Crippen LogP contribution in [-0.4, -0.2) is 42.8 Å². The molecule has 0 saturated heterocycles. The Bertz CT molecular complexity index is 649. The molecule has 0 aliphatic carbocycles. The number of benzene rings is 1. The Morgan fingerprint density at radius 1 is 1.28 bits per heavy atom. The van der Waals surface area contributed by atoms with Gasteiger partial charge in [-0.15, -0.1) is 11.3 Å². The summed E-state index contributed by atoms with van der Waals surface area (Å²) in [7, 11) is 1.45. The molecular formula is C16H19ClF3N3OS. The SMILES string of the molecule is CN(CCCOc1ccc(-c2ncc(CNCl)s2)cc1)CC(F)(F)F. The molecule has 1 aromatic heterocycles. The zero-order valence-electron chi connectivity index (χ0n) is 13.6. The van der Waals surface area contributed by atoms with Crippen LogP contribution in [0.15, 0.2) is 30.5 Å². The minimum Gasteiger partial charge on any atom is -0.494 e. The first-order valence-corrected chi connectivity index (χ1v) is 8.83. The van der Waals surface area contributed by atoms with E-state index in [-0.39, 0.29) is 0 Å². The molecule has 0 spiro atoms. The van der Waals surface area contributed by atoms with Crippen LogP contribution in [0, 0.1) is 0 Å². The number of thiazole rings is 1. The summed E-state index contributed by atoms with van der Waals surface area (Å²) in [5.74, 6) is 0.682. The summed E-state index contributed by atoms with van der Waals surface area (Å²) in [5.41, 5.74) is 0.975. The minimum atomic E-state index is -4.17. The maximum absolute atomic E-state index is 12.2. The lowest BCUT2D eigenvalue weighted by molar-refractivity contribution is -0.143. The van der Waals surface area contributed by atoms with Gasteiger partial charge in [0.05, 0.1) is 13.2 Å². The van der Waals surface area contributed by atoms with Crippen molar-refractivity contribution in [3.05, 3.63) is 35.3 Å². The molecule has 25 heavy (non-hydrogen) atoms. The van der Waals surface area contributed by atoms with Crippen molar-refractivity contribution in [1.82, 2.24) is 14.7 Å². The van der Waals surface area contributed by atoms with Crippen LogP contribution in [0.1, 0.15) is 11.3 Å². The molecule has 0 aliphatic heterocycles. The summed E-state index contributed by atoms with van der Waals surface area (Å²) in [6, 6.07) is 7.47. The van der Waals surface area contributed by atoms with Gasteiger partial charge < -0.3 is 4.74 Å². The summed E-state index contributed by atoms with van der Waals surface area (Å²) in [6.07, 6.45) is -1.87. The van der Waals surface area contributed by atoms with E-state index in [1.54, 1.807) is 17.5 Å². The number of halogens is 4. The van der Waals surface area contributed by atoms with Crippen molar-refractivity contribution in [1.29, 1.82) is 0 Å². The van der Waals surface area contributed by atoms with E-state index in [0.29, 0.717) is 31.9 Å². The quantitative estimate of drug-likeness (QED) is 0.508. The number of nitrogens with zero attached hydrogens (tertiary/aromatic N) is 2. The van der Waals surface area contributed by atoms with Gasteiger partial charge >= 0.3 is 6.18 Å². The molecule has 4 nitrogen and oxygen atoms in total. The van der Waals surface area contributed by atoms with Crippen LogP contribution in [0.25, 0.3) is 10.6 Å². The van der Waals surface area contributed by atoms with Gasteiger partial charge in [0.2, 0.25) is 0 Å². The first kappa shape index (κ1) is 20.0. The number of alkyl halides is 3. The Morgan fingerprint density at radius 3 is 2.64 bits per heavy atom. The van der Waals surface area contributed by atoms with Gasteiger partial charge in [-0.25, -0.2) is 9.82 Å². The second-order valence-corrected chi connectivity index (χ2v) is 6.90. The van der Waals surface area contributed by atoms with Gasteiger partial charge in [0.1, 0.15) is 10.8 Å². The smallest absolute Gasteiger partial charge is 0.401 e. The zero-order chi connectivity index (χ0) is 18.3. The first-order chi connectivity index (χ1) is 11.9. The Balaban J connectivity index is 1.76. The lowest BCUT2D eigenvalue weighted by atomic mass is 10.2. The maximum Gasteiger partial charge on any atom is 0.401 e. The van der Waals surface area contributed by atoms with E-state index in [1.807, 2.05) is 24.3 Å². The van der Waals surface area contributed by atoms with Gasteiger partial charge in [0.15, 0.2) is 0 Å². The third kappa shape index (κ3) is 7.19. The number of ether oxygens (including phenoxy) is 1. The predicted octanol–water partition coefficient (Wildman–Crippen LogP) is 4.32. The van der Waals surface area contributed by atoms with E-state index < -0.39 is 12.7 Å². The van der Waals surface area contributed by atoms with Crippen molar-refractivity contribution in [2.45, 2.75) is 19.1 Å². The molecule has 0 unspecified atom stereocenters. The highest BCUT2D eigenvalue weighted by Gasteiger charge is 2.28. The Morgan fingerprint density at radius 2 is 2.00 bits per heavy atom. The van der Waals surface area contributed by atoms with Gasteiger partial charge in [-0.1, -0.05) is 0 Å². The van der Waals surface area contributed by atoms with E-state index in [9.17, 15) is 13.2 Å². The van der Waals surface area contributed by atoms with Crippen molar-refractivity contribution in [3.63, 3.8) is 0 Å². The van der Waals surface area contributed by atoms with Crippen molar-refractivity contribution < 1.29 is 17.9 Å². The molecule has 1 N–H and O–H groups in total. The number of rotatable bonds is 9. The first-order valence-electron chi connectivity index (χ1n) is 7.64. The molecule has 1 heterocycles. The van der Waals surface area contributed by atoms with Crippen molar-refractivity contribution in [3.8, 4) is 16.3 Å². The standard InChI is InChI=1S/C16H19ClF3N3OS/c1-23(11-16(18,19)20)7-2-8-24-13-5-3-12(4-6-13)15-21-9-14(25-15)10-22-17/h3-6,9,22H,2,7-8,10-11H2,1H3. The van der Waals surface area contributed by atoms with Gasteiger partial charge in [-0.05, 0) is 49.5 Å². The maximum atomic E-state index is 12.2. The van der Waals surface area contributed by atoms with Crippen LogP contribution in [0.3, 0.4) is 0 Å². The normalized spacial score (nSPS) is 11.9. The summed E-state index contributed by atoms with van der Waals surface area (Å²) in [4.78, 5) is 9.18. The third-order valence-corrected chi connectivity index (χ3v) is 4.48. The fourth-order valence-corrected chi connectivity index (χ4v) is 3.27. The van der Waals surface area contributed by atoms with E-state index >= 15 is 0 Å². The van der Waals surface area contributed by atoms with Crippen LogP contribution >= 0.6 is 23.1 Å². The van der Waals surface area contributed by atoms with Gasteiger partial charge in [-0.2, -0.15) is 13.2 Å². The highest BCUT2D eigenvalue weighted by atomic mass is 35.5. The zero-order valence-corrected chi connectivity index (χ0v) is 15.2.